The van der Waals surface area contributed by atoms with E-state index >= 15 is 0 Å². The number of carbonyl (C=O) groups is 1. The van der Waals surface area contributed by atoms with Crippen molar-refractivity contribution in [3.8, 4) is 5.75 Å². The molecule has 0 bridgehead atoms. The van der Waals surface area contributed by atoms with Gasteiger partial charge in [0, 0.05) is 20.1 Å². The minimum atomic E-state index is -0.482. The molecule has 0 saturated carbocycles. The smallest absolute Gasteiger partial charge is 0.363 e. The van der Waals surface area contributed by atoms with Gasteiger partial charge in [-0.2, -0.15) is 0 Å². The number of hydrogen-bond acceptors (Lipinski definition) is 4. The summed E-state index contributed by atoms with van der Waals surface area (Å²) in [6, 6.07) is 12.9. The first-order valence-corrected chi connectivity index (χ1v) is 8.27. The number of ether oxygens (including phenoxy) is 2. The van der Waals surface area contributed by atoms with Crippen LogP contribution in [0.25, 0.3) is 6.08 Å². The number of benzene rings is 2. The van der Waals surface area contributed by atoms with E-state index < -0.39 is 5.97 Å². The van der Waals surface area contributed by atoms with E-state index in [2.05, 4.69) is 36.9 Å². The molecule has 0 N–H and O–H groups in total. The minimum Gasteiger partial charge on any atom is -0.496 e. The molecule has 0 spiro atoms. The zero-order valence-corrected chi connectivity index (χ0v) is 15.2. The normalized spacial score (nSPS) is 15.5. The van der Waals surface area contributed by atoms with E-state index in [4.69, 9.17) is 9.47 Å². The third-order valence-electron chi connectivity index (χ3n) is 3.20. The number of aliphatic imine (C=N–C) groups is 1. The Bertz CT molecular complexity index is 826. The lowest BCUT2D eigenvalue weighted by molar-refractivity contribution is -0.129. The quantitative estimate of drug-likeness (QED) is 0.523. The first-order chi connectivity index (χ1) is 11.1. The Hall–Kier alpha value is -1.92. The molecule has 0 aromatic heterocycles. The highest BCUT2D eigenvalue weighted by molar-refractivity contribution is 9.10. The van der Waals surface area contributed by atoms with Gasteiger partial charge in [0.15, 0.2) is 5.70 Å². The number of esters is 1. The molecule has 2 aromatic rings. The van der Waals surface area contributed by atoms with Gasteiger partial charge in [0.05, 0.1) is 7.11 Å². The predicted octanol–water partition coefficient (Wildman–Crippen LogP) is 4.56. The molecule has 2 aromatic carbocycles. The minimum absolute atomic E-state index is 0.235. The second kappa shape index (κ2) is 6.68. The molecule has 1 aliphatic heterocycles. The molecule has 0 unspecified atom stereocenters. The van der Waals surface area contributed by atoms with E-state index in [0.717, 1.165) is 20.1 Å². The number of methoxy groups -OCH3 is 1. The summed E-state index contributed by atoms with van der Waals surface area (Å²) in [6.45, 7) is 0. The molecular weight excluding hydrogens is 426 g/mol. The lowest BCUT2D eigenvalue weighted by Crippen LogP contribution is -2.05. The average molecular weight is 437 g/mol. The van der Waals surface area contributed by atoms with E-state index in [-0.39, 0.29) is 5.70 Å². The third kappa shape index (κ3) is 3.54. The highest BCUT2D eigenvalue weighted by atomic mass is 79.9. The van der Waals surface area contributed by atoms with Crippen LogP contribution < -0.4 is 4.74 Å². The third-order valence-corrected chi connectivity index (χ3v) is 4.22. The number of cyclic esters (lactones) is 1. The van der Waals surface area contributed by atoms with Crippen LogP contribution in [0.1, 0.15) is 11.1 Å². The molecule has 4 nitrogen and oxygen atoms in total. The molecule has 3 rings (SSSR count). The molecule has 0 amide bonds. The Morgan fingerprint density at radius 2 is 1.78 bits per heavy atom. The van der Waals surface area contributed by atoms with Crippen molar-refractivity contribution in [2.45, 2.75) is 0 Å². The van der Waals surface area contributed by atoms with Crippen LogP contribution in [0.2, 0.25) is 0 Å². The Labute approximate surface area is 150 Å². The van der Waals surface area contributed by atoms with Crippen molar-refractivity contribution >= 4 is 49.8 Å². The van der Waals surface area contributed by atoms with Crippen molar-refractivity contribution in [3.05, 3.63) is 68.2 Å². The Morgan fingerprint density at radius 1 is 1.09 bits per heavy atom. The molecule has 0 saturated heterocycles. The molecule has 1 aliphatic rings. The van der Waals surface area contributed by atoms with Crippen LogP contribution in [0.3, 0.4) is 0 Å². The summed E-state index contributed by atoms with van der Waals surface area (Å²) in [4.78, 5) is 16.3. The first kappa shape index (κ1) is 16.0. The lowest BCUT2D eigenvalue weighted by atomic mass is 10.1. The van der Waals surface area contributed by atoms with Crippen molar-refractivity contribution in [3.63, 3.8) is 0 Å². The number of halogens is 2. The zero-order valence-electron chi connectivity index (χ0n) is 12.0. The largest absolute Gasteiger partial charge is 0.496 e. The highest BCUT2D eigenvalue weighted by Crippen LogP contribution is 2.27. The van der Waals surface area contributed by atoms with Gasteiger partial charge in [-0.1, -0.05) is 31.9 Å². The van der Waals surface area contributed by atoms with Crippen molar-refractivity contribution in [2.75, 3.05) is 7.11 Å². The Kier molecular flexibility index (Phi) is 4.63. The van der Waals surface area contributed by atoms with Gasteiger partial charge in [0.1, 0.15) is 5.75 Å². The average Bonchev–Trinajstić information content (AvgIpc) is 2.89. The van der Waals surface area contributed by atoms with Crippen molar-refractivity contribution in [1.29, 1.82) is 0 Å². The van der Waals surface area contributed by atoms with Crippen LogP contribution in [0, 0.1) is 0 Å². The summed E-state index contributed by atoms with van der Waals surface area (Å²) in [6.07, 6.45) is 1.65. The molecular formula is C17H11Br2NO3. The number of hydrogen-bond donors (Lipinski definition) is 0. The number of nitrogens with zero attached hydrogens (tertiary/aromatic N) is 1. The molecule has 1 heterocycles. The molecule has 0 atom stereocenters. The fourth-order valence-electron chi connectivity index (χ4n) is 2.09. The van der Waals surface area contributed by atoms with Crippen LogP contribution in [-0.4, -0.2) is 19.0 Å². The maximum absolute atomic E-state index is 12.0. The van der Waals surface area contributed by atoms with E-state index in [1.54, 1.807) is 13.2 Å². The SMILES string of the molecule is COc1ccc(Br)cc1/C=C1\N=C(c2ccc(Br)cc2)OC1=O. The van der Waals surface area contributed by atoms with Gasteiger partial charge in [-0.25, -0.2) is 9.79 Å². The summed E-state index contributed by atoms with van der Waals surface area (Å²) < 4.78 is 12.4. The van der Waals surface area contributed by atoms with Gasteiger partial charge >= 0.3 is 5.97 Å². The highest BCUT2D eigenvalue weighted by Gasteiger charge is 2.24. The fourth-order valence-corrected chi connectivity index (χ4v) is 2.73. The maximum atomic E-state index is 12.0. The Balaban J connectivity index is 1.98. The first-order valence-electron chi connectivity index (χ1n) is 6.69. The lowest BCUT2D eigenvalue weighted by Gasteiger charge is -2.04. The van der Waals surface area contributed by atoms with Crippen LogP contribution in [0.5, 0.6) is 5.75 Å². The van der Waals surface area contributed by atoms with Gasteiger partial charge in [0.2, 0.25) is 5.90 Å². The van der Waals surface area contributed by atoms with Crippen LogP contribution >= 0.6 is 31.9 Å². The predicted molar refractivity (Wildman–Crippen MR) is 95.4 cm³/mol. The van der Waals surface area contributed by atoms with Crippen molar-refractivity contribution in [2.24, 2.45) is 4.99 Å². The van der Waals surface area contributed by atoms with Crippen LogP contribution in [0.15, 0.2) is 62.1 Å². The van der Waals surface area contributed by atoms with Crippen molar-refractivity contribution in [1.82, 2.24) is 0 Å². The second-order valence-corrected chi connectivity index (χ2v) is 6.56. The standard InChI is InChI=1S/C17H11Br2NO3/c1-22-15-7-6-13(19)8-11(15)9-14-17(21)23-16(20-14)10-2-4-12(18)5-3-10/h2-9H,1H3/b14-9-. The fraction of sp³-hybridized carbons (Fsp3) is 0.0588. The van der Waals surface area contributed by atoms with Gasteiger partial charge in [-0.15, -0.1) is 0 Å². The van der Waals surface area contributed by atoms with Gasteiger partial charge in [-0.05, 0) is 48.5 Å². The monoisotopic (exact) mass is 435 g/mol. The molecule has 0 radical (unpaired) electrons. The van der Waals surface area contributed by atoms with E-state index in [9.17, 15) is 4.79 Å². The molecule has 116 valence electrons. The summed E-state index contributed by atoms with van der Waals surface area (Å²) in [5.74, 6) is 0.466. The molecule has 6 heteroatoms. The van der Waals surface area contributed by atoms with Gasteiger partial charge < -0.3 is 9.47 Å². The van der Waals surface area contributed by atoms with Crippen molar-refractivity contribution < 1.29 is 14.3 Å². The summed E-state index contributed by atoms with van der Waals surface area (Å²) >= 11 is 6.77. The molecule has 0 aliphatic carbocycles. The Morgan fingerprint density at radius 3 is 2.48 bits per heavy atom. The van der Waals surface area contributed by atoms with Gasteiger partial charge in [0.25, 0.3) is 0 Å². The van der Waals surface area contributed by atoms with Crippen LogP contribution in [0.4, 0.5) is 0 Å². The zero-order chi connectivity index (χ0) is 16.4. The molecule has 0 fully saturated rings. The summed E-state index contributed by atoms with van der Waals surface area (Å²) in [5, 5.41) is 0. The van der Waals surface area contributed by atoms with E-state index in [1.165, 1.54) is 0 Å². The van der Waals surface area contributed by atoms with Gasteiger partial charge in [-0.3, -0.25) is 0 Å². The number of rotatable bonds is 3. The van der Waals surface area contributed by atoms with E-state index in [1.807, 2.05) is 42.5 Å². The van der Waals surface area contributed by atoms with E-state index in [0.29, 0.717) is 11.6 Å². The summed E-state index contributed by atoms with van der Waals surface area (Å²) in [7, 11) is 1.58. The second-order valence-electron chi connectivity index (χ2n) is 4.73. The topological polar surface area (TPSA) is 47.9 Å². The number of carbonyl (C=O) groups excluding carboxylic acids is 1. The summed E-state index contributed by atoms with van der Waals surface area (Å²) in [5.41, 5.74) is 1.72. The van der Waals surface area contributed by atoms with Crippen LogP contribution in [-0.2, 0) is 9.53 Å². The maximum Gasteiger partial charge on any atom is 0.363 e. The molecule has 23 heavy (non-hydrogen) atoms.